The summed E-state index contributed by atoms with van der Waals surface area (Å²) in [4.78, 5) is 49.1. The van der Waals surface area contributed by atoms with Crippen LogP contribution < -0.4 is 16.0 Å². The first kappa shape index (κ1) is 16.9. The van der Waals surface area contributed by atoms with Crippen molar-refractivity contribution in [2.75, 3.05) is 18.9 Å². The third-order valence-corrected chi connectivity index (χ3v) is 4.65. The van der Waals surface area contributed by atoms with Crippen LogP contribution in [0.2, 0.25) is 0 Å². The second-order valence-corrected chi connectivity index (χ2v) is 6.50. The monoisotopic (exact) mass is 344 g/mol. The van der Waals surface area contributed by atoms with Crippen LogP contribution in [0.3, 0.4) is 0 Å². The van der Waals surface area contributed by atoms with Gasteiger partial charge in [-0.3, -0.25) is 19.3 Å². The van der Waals surface area contributed by atoms with E-state index >= 15 is 0 Å². The van der Waals surface area contributed by atoms with Gasteiger partial charge in [-0.2, -0.15) is 0 Å². The van der Waals surface area contributed by atoms with Crippen molar-refractivity contribution in [3.63, 3.8) is 0 Å². The van der Waals surface area contributed by atoms with Gasteiger partial charge in [0.15, 0.2) is 0 Å². The van der Waals surface area contributed by atoms with Gasteiger partial charge < -0.3 is 16.0 Å². The Bertz CT molecular complexity index is 742. The lowest BCUT2D eigenvalue weighted by Crippen LogP contribution is -2.46. The Morgan fingerprint density at radius 3 is 2.44 bits per heavy atom. The van der Waals surface area contributed by atoms with E-state index in [1.165, 1.54) is 7.05 Å². The average Bonchev–Trinajstić information content (AvgIpc) is 3.41. The highest BCUT2D eigenvalue weighted by Gasteiger charge is 2.56. The number of urea groups is 1. The first-order valence-corrected chi connectivity index (χ1v) is 8.11. The van der Waals surface area contributed by atoms with Gasteiger partial charge in [-0.15, -0.1) is 0 Å². The number of carbonyl (C=O) groups excluding carboxylic acids is 4. The van der Waals surface area contributed by atoms with Crippen LogP contribution in [0.15, 0.2) is 24.3 Å². The van der Waals surface area contributed by atoms with Gasteiger partial charge >= 0.3 is 6.03 Å². The Hall–Kier alpha value is -2.90. The van der Waals surface area contributed by atoms with E-state index in [0.29, 0.717) is 11.3 Å². The summed E-state index contributed by atoms with van der Waals surface area (Å²) >= 11 is 0. The summed E-state index contributed by atoms with van der Waals surface area (Å²) in [7, 11) is 1.53. The summed E-state index contributed by atoms with van der Waals surface area (Å²) in [5.74, 6) is -0.910. The fourth-order valence-corrected chi connectivity index (χ4v) is 2.99. The maximum atomic E-state index is 12.5. The first-order chi connectivity index (χ1) is 11.8. The van der Waals surface area contributed by atoms with Gasteiger partial charge in [0.1, 0.15) is 12.1 Å². The van der Waals surface area contributed by atoms with Gasteiger partial charge in [0.05, 0.1) is 0 Å². The minimum Gasteiger partial charge on any atom is -0.355 e. The minimum absolute atomic E-state index is 0.147. The molecule has 1 saturated carbocycles. The van der Waals surface area contributed by atoms with Crippen LogP contribution in [-0.2, 0) is 9.59 Å². The van der Waals surface area contributed by atoms with Crippen molar-refractivity contribution < 1.29 is 19.2 Å². The number of nitrogens with one attached hydrogen (secondary N) is 3. The third-order valence-electron chi connectivity index (χ3n) is 4.65. The molecule has 5 amide bonds. The summed E-state index contributed by atoms with van der Waals surface area (Å²) in [6, 6.07) is 5.79. The van der Waals surface area contributed by atoms with Crippen LogP contribution in [0.25, 0.3) is 0 Å². The van der Waals surface area contributed by atoms with Gasteiger partial charge in [-0.1, -0.05) is 0 Å². The molecule has 0 unspecified atom stereocenters. The molecule has 2 aliphatic rings. The van der Waals surface area contributed by atoms with E-state index < -0.39 is 17.5 Å². The van der Waals surface area contributed by atoms with E-state index in [-0.39, 0.29) is 24.3 Å². The van der Waals surface area contributed by atoms with E-state index in [1.807, 2.05) is 0 Å². The molecular formula is C17H20N4O4. The van der Waals surface area contributed by atoms with E-state index in [0.717, 1.165) is 17.7 Å². The molecule has 3 rings (SSSR count). The van der Waals surface area contributed by atoms with Crippen molar-refractivity contribution in [2.45, 2.75) is 25.3 Å². The van der Waals surface area contributed by atoms with Crippen LogP contribution in [-0.4, -0.2) is 47.8 Å². The van der Waals surface area contributed by atoms with Gasteiger partial charge in [0.2, 0.25) is 5.91 Å². The zero-order chi connectivity index (χ0) is 18.2. The van der Waals surface area contributed by atoms with Crippen LogP contribution in [0.5, 0.6) is 0 Å². The highest BCUT2D eigenvalue weighted by molar-refractivity contribution is 6.10. The molecule has 2 fully saturated rings. The Kier molecular flexibility index (Phi) is 4.20. The molecule has 1 aliphatic carbocycles. The number of nitrogens with zero attached hydrogens (tertiary/aromatic N) is 1. The Morgan fingerprint density at radius 2 is 1.88 bits per heavy atom. The van der Waals surface area contributed by atoms with Crippen LogP contribution >= 0.6 is 0 Å². The standard InChI is InChI=1S/C17H20N4O4/c1-17(11-5-6-11)15(24)21(16(25)20-17)9-13(22)19-12-7-3-10(4-8-12)14(23)18-2/h3-4,7-8,11H,5-6,9H2,1-2H3,(H,18,23)(H,19,22)(H,20,25)/t17-/m1/s1. The highest BCUT2D eigenvalue weighted by Crippen LogP contribution is 2.42. The zero-order valence-electron chi connectivity index (χ0n) is 14.1. The van der Waals surface area contributed by atoms with Crippen molar-refractivity contribution in [1.82, 2.24) is 15.5 Å². The molecule has 3 N–H and O–H groups in total. The zero-order valence-corrected chi connectivity index (χ0v) is 14.1. The van der Waals surface area contributed by atoms with E-state index in [2.05, 4.69) is 16.0 Å². The Labute approximate surface area is 144 Å². The maximum Gasteiger partial charge on any atom is 0.325 e. The molecule has 1 aromatic rings. The molecule has 8 nitrogen and oxygen atoms in total. The molecule has 1 heterocycles. The quantitative estimate of drug-likeness (QED) is 0.684. The Morgan fingerprint density at radius 1 is 1.24 bits per heavy atom. The topological polar surface area (TPSA) is 108 Å². The van der Waals surface area contributed by atoms with E-state index in [1.54, 1.807) is 31.2 Å². The molecule has 1 saturated heterocycles. The fourth-order valence-electron chi connectivity index (χ4n) is 2.99. The lowest BCUT2D eigenvalue weighted by molar-refractivity contribution is -0.134. The van der Waals surface area contributed by atoms with Gasteiger partial charge in [0, 0.05) is 18.3 Å². The second kappa shape index (κ2) is 6.19. The summed E-state index contributed by atoms with van der Waals surface area (Å²) in [6.45, 7) is 1.37. The van der Waals surface area contributed by atoms with Gasteiger partial charge in [-0.25, -0.2) is 4.79 Å². The van der Waals surface area contributed by atoms with Crippen LogP contribution in [0.1, 0.15) is 30.1 Å². The number of anilines is 1. The van der Waals surface area contributed by atoms with Gasteiger partial charge in [-0.05, 0) is 49.9 Å². The molecule has 25 heavy (non-hydrogen) atoms. The molecule has 0 bridgehead atoms. The van der Waals surface area contributed by atoms with E-state index in [4.69, 9.17) is 0 Å². The molecule has 0 radical (unpaired) electrons. The molecule has 8 heteroatoms. The van der Waals surface area contributed by atoms with E-state index in [9.17, 15) is 19.2 Å². The van der Waals surface area contributed by atoms with Crippen molar-refractivity contribution in [3.05, 3.63) is 29.8 Å². The number of rotatable bonds is 5. The predicted molar refractivity (Wildman–Crippen MR) is 89.8 cm³/mol. The number of amides is 5. The van der Waals surface area contributed by atoms with Crippen molar-refractivity contribution >= 4 is 29.4 Å². The number of benzene rings is 1. The van der Waals surface area contributed by atoms with Crippen molar-refractivity contribution in [3.8, 4) is 0 Å². The number of hydrogen-bond acceptors (Lipinski definition) is 4. The SMILES string of the molecule is CNC(=O)c1ccc(NC(=O)CN2C(=O)N[C@](C)(C3CC3)C2=O)cc1. The molecule has 1 atom stereocenters. The molecule has 132 valence electrons. The molecule has 1 aliphatic heterocycles. The lowest BCUT2D eigenvalue weighted by atomic mass is 9.96. The second-order valence-electron chi connectivity index (χ2n) is 6.50. The van der Waals surface area contributed by atoms with Crippen molar-refractivity contribution in [1.29, 1.82) is 0 Å². The molecule has 0 spiro atoms. The molecule has 0 aromatic heterocycles. The fraction of sp³-hybridized carbons (Fsp3) is 0.412. The number of imide groups is 1. The summed E-state index contributed by atoms with van der Waals surface area (Å²) in [6.07, 6.45) is 1.81. The molecule has 1 aromatic carbocycles. The lowest BCUT2D eigenvalue weighted by Gasteiger charge is -2.20. The van der Waals surface area contributed by atoms with Crippen molar-refractivity contribution in [2.24, 2.45) is 5.92 Å². The Balaban J connectivity index is 1.62. The maximum absolute atomic E-state index is 12.5. The van der Waals surface area contributed by atoms with Crippen LogP contribution in [0, 0.1) is 5.92 Å². The normalized spacial score (nSPS) is 22.6. The first-order valence-electron chi connectivity index (χ1n) is 8.11. The highest BCUT2D eigenvalue weighted by atomic mass is 16.2. The third kappa shape index (κ3) is 3.19. The molecular weight excluding hydrogens is 324 g/mol. The van der Waals surface area contributed by atoms with Crippen LogP contribution in [0.4, 0.5) is 10.5 Å². The minimum atomic E-state index is -0.896. The number of hydrogen-bond donors (Lipinski definition) is 3. The summed E-state index contributed by atoms with van der Waals surface area (Å²) in [5, 5.41) is 7.83. The average molecular weight is 344 g/mol. The largest absolute Gasteiger partial charge is 0.355 e. The van der Waals surface area contributed by atoms with Gasteiger partial charge in [0.25, 0.3) is 11.8 Å². The predicted octanol–water partition coefficient (Wildman–Crippen LogP) is 0.705. The smallest absolute Gasteiger partial charge is 0.325 e. The number of carbonyl (C=O) groups is 4. The summed E-state index contributed by atoms with van der Waals surface area (Å²) in [5.41, 5.74) is 0.0523. The summed E-state index contributed by atoms with van der Waals surface area (Å²) < 4.78 is 0.